The van der Waals surface area contributed by atoms with Gasteiger partial charge in [0.05, 0.1) is 0 Å². The Morgan fingerprint density at radius 2 is 1.91 bits per heavy atom. The normalized spacial score (nSPS) is 17.5. The van der Waals surface area contributed by atoms with Crippen molar-refractivity contribution in [1.82, 2.24) is 20.4 Å². The van der Waals surface area contributed by atoms with Crippen LogP contribution in [0.1, 0.15) is 37.5 Å². The van der Waals surface area contributed by atoms with Gasteiger partial charge in [0.2, 0.25) is 17.6 Å². The Morgan fingerprint density at radius 3 is 2.71 bits per heavy atom. The van der Waals surface area contributed by atoms with Crippen molar-refractivity contribution in [3.8, 4) is 17.1 Å². The van der Waals surface area contributed by atoms with Gasteiger partial charge in [-0.25, -0.2) is 4.39 Å². The van der Waals surface area contributed by atoms with Crippen molar-refractivity contribution in [2.45, 2.75) is 31.6 Å². The molecule has 2 amide bonds. The van der Waals surface area contributed by atoms with Gasteiger partial charge in [-0.3, -0.25) is 9.59 Å². The van der Waals surface area contributed by atoms with Crippen LogP contribution in [0.15, 0.2) is 59.1 Å². The van der Waals surface area contributed by atoms with Crippen LogP contribution < -0.4 is 10.1 Å². The maximum Gasteiger partial charge on any atom is 0.260 e. The molecule has 1 atom stereocenters. The predicted octanol–water partition coefficient (Wildman–Crippen LogP) is 3.56. The van der Waals surface area contributed by atoms with E-state index in [0.29, 0.717) is 49.9 Å². The first-order valence-electron chi connectivity index (χ1n) is 11.4. The van der Waals surface area contributed by atoms with Gasteiger partial charge in [-0.15, -0.1) is 0 Å². The van der Waals surface area contributed by atoms with Crippen molar-refractivity contribution in [3.05, 3.63) is 66.3 Å². The minimum Gasteiger partial charge on any atom is -0.484 e. The van der Waals surface area contributed by atoms with Crippen LogP contribution in [0.25, 0.3) is 11.4 Å². The number of hydrogen-bond acceptors (Lipinski definition) is 6. The molecule has 8 nitrogen and oxygen atoms in total. The molecule has 0 aliphatic carbocycles. The van der Waals surface area contributed by atoms with Crippen LogP contribution >= 0.6 is 0 Å². The van der Waals surface area contributed by atoms with Crippen molar-refractivity contribution in [2.24, 2.45) is 0 Å². The zero-order chi connectivity index (χ0) is 23.8. The summed E-state index contributed by atoms with van der Waals surface area (Å²) < 4.78 is 24.1. The Balaban J connectivity index is 1.38. The van der Waals surface area contributed by atoms with Gasteiger partial charge in [0.25, 0.3) is 5.91 Å². The molecule has 1 aromatic heterocycles. The van der Waals surface area contributed by atoms with E-state index in [2.05, 4.69) is 15.5 Å². The predicted molar refractivity (Wildman–Crippen MR) is 122 cm³/mol. The number of aromatic nitrogens is 2. The van der Waals surface area contributed by atoms with Gasteiger partial charge in [-0.1, -0.05) is 35.5 Å². The smallest absolute Gasteiger partial charge is 0.260 e. The molecule has 34 heavy (non-hydrogen) atoms. The van der Waals surface area contributed by atoms with E-state index < -0.39 is 0 Å². The summed E-state index contributed by atoms with van der Waals surface area (Å²) in [6, 6.07) is 15.1. The van der Waals surface area contributed by atoms with E-state index in [1.165, 1.54) is 24.3 Å². The molecule has 1 unspecified atom stereocenters. The van der Waals surface area contributed by atoms with Gasteiger partial charge in [0, 0.05) is 37.5 Å². The van der Waals surface area contributed by atoms with Crippen molar-refractivity contribution in [1.29, 1.82) is 0 Å². The number of carbonyl (C=O) groups excluding carboxylic acids is 2. The monoisotopic (exact) mass is 466 g/mol. The Kier molecular flexibility index (Phi) is 7.85. The summed E-state index contributed by atoms with van der Waals surface area (Å²) in [5, 5.41) is 7.02. The first-order valence-corrected chi connectivity index (χ1v) is 11.4. The molecule has 9 heteroatoms. The molecule has 0 saturated carbocycles. The summed E-state index contributed by atoms with van der Waals surface area (Å²) in [7, 11) is 0. The number of ether oxygens (including phenoxy) is 1. The number of rotatable bonds is 5. The number of carbonyl (C=O) groups is 2. The highest BCUT2D eigenvalue weighted by Gasteiger charge is 2.23. The maximum absolute atomic E-state index is 13.1. The summed E-state index contributed by atoms with van der Waals surface area (Å²) in [5.41, 5.74) is 0.875. The molecule has 4 rings (SSSR count). The summed E-state index contributed by atoms with van der Waals surface area (Å²) >= 11 is 0. The minimum absolute atomic E-state index is 0.0317. The largest absolute Gasteiger partial charge is 0.484 e. The highest BCUT2D eigenvalue weighted by molar-refractivity contribution is 5.80. The highest BCUT2D eigenvalue weighted by Crippen LogP contribution is 2.26. The quantitative estimate of drug-likeness (QED) is 0.618. The lowest BCUT2D eigenvalue weighted by Crippen LogP contribution is -2.38. The van der Waals surface area contributed by atoms with Crippen molar-refractivity contribution in [2.75, 3.05) is 26.2 Å². The molecule has 1 aliphatic heterocycles. The number of amides is 2. The fourth-order valence-corrected chi connectivity index (χ4v) is 3.86. The Hall–Kier alpha value is -3.75. The van der Waals surface area contributed by atoms with Crippen molar-refractivity contribution < 1.29 is 23.2 Å². The minimum atomic E-state index is -0.372. The van der Waals surface area contributed by atoms with E-state index in [9.17, 15) is 14.0 Å². The van der Waals surface area contributed by atoms with Gasteiger partial charge in [0.15, 0.2) is 6.61 Å². The topological polar surface area (TPSA) is 97.6 Å². The molecule has 1 aliphatic rings. The van der Waals surface area contributed by atoms with E-state index >= 15 is 0 Å². The molecular weight excluding hydrogens is 439 g/mol. The fourth-order valence-electron chi connectivity index (χ4n) is 3.86. The second-order valence-corrected chi connectivity index (χ2v) is 8.17. The summed E-state index contributed by atoms with van der Waals surface area (Å²) in [6.07, 6.45) is 2.33. The van der Waals surface area contributed by atoms with Crippen LogP contribution in [0, 0.1) is 5.82 Å². The lowest BCUT2D eigenvalue weighted by Gasteiger charge is -2.22. The molecule has 1 fully saturated rings. The number of benzene rings is 2. The first-order chi connectivity index (χ1) is 16.6. The zero-order valence-corrected chi connectivity index (χ0v) is 18.8. The van der Waals surface area contributed by atoms with Crippen LogP contribution in [-0.2, 0) is 9.59 Å². The van der Waals surface area contributed by atoms with E-state index in [-0.39, 0.29) is 36.6 Å². The molecule has 2 heterocycles. The maximum atomic E-state index is 13.1. The SMILES string of the molecule is O=C1CCN(C(=O)COc2ccc(F)cc2)CCCC(c2nc(-c3ccccc3)no2)CCN1. The van der Waals surface area contributed by atoms with Crippen LogP contribution in [0.3, 0.4) is 0 Å². The molecule has 0 spiro atoms. The average Bonchev–Trinajstić information content (AvgIpc) is 3.33. The summed E-state index contributed by atoms with van der Waals surface area (Å²) in [6.45, 7) is 1.10. The third kappa shape index (κ3) is 6.40. The Labute approximate surface area is 197 Å². The van der Waals surface area contributed by atoms with Gasteiger partial charge < -0.3 is 19.5 Å². The number of nitrogens with zero attached hydrogens (tertiary/aromatic N) is 3. The summed E-state index contributed by atoms with van der Waals surface area (Å²) in [5.74, 6) is 0.731. The molecular formula is C25H27FN4O4. The standard InChI is InChI=1S/C25H27FN4O4/c26-20-8-10-21(11-9-20)33-17-23(32)30-15-4-7-19(12-14-27-22(31)13-16-30)25-28-24(29-34-25)18-5-2-1-3-6-18/h1-3,5-6,8-11,19H,4,7,12-17H2,(H,27,31). The molecule has 1 N–H and O–H groups in total. The summed E-state index contributed by atoms with van der Waals surface area (Å²) in [4.78, 5) is 31.2. The Bertz CT molecular complexity index is 1090. The van der Waals surface area contributed by atoms with Crippen LogP contribution in [0.5, 0.6) is 5.75 Å². The number of hydrogen-bond donors (Lipinski definition) is 1. The molecule has 3 aromatic rings. The highest BCUT2D eigenvalue weighted by atomic mass is 19.1. The number of nitrogens with one attached hydrogen (secondary N) is 1. The van der Waals surface area contributed by atoms with Gasteiger partial charge in [-0.05, 0) is 43.5 Å². The second-order valence-electron chi connectivity index (χ2n) is 8.17. The zero-order valence-electron chi connectivity index (χ0n) is 18.8. The first kappa shape index (κ1) is 23.4. The van der Waals surface area contributed by atoms with Gasteiger partial charge in [0.1, 0.15) is 11.6 Å². The Morgan fingerprint density at radius 1 is 1.12 bits per heavy atom. The van der Waals surface area contributed by atoms with Crippen LogP contribution in [-0.4, -0.2) is 53.1 Å². The fraction of sp³-hybridized carbons (Fsp3) is 0.360. The van der Waals surface area contributed by atoms with Gasteiger partial charge >= 0.3 is 0 Å². The lowest BCUT2D eigenvalue weighted by molar-refractivity contribution is -0.134. The van der Waals surface area contributed by atoms with E-state index in [1.54, 1.807) is 4.90 Å². The third-order valence-electron chi connectivity index (χ3n) is 5.76. The van der Waals surface area contributed by atoms with Crippen LogP contribution in [0.4, 0.5) is 4.39 Å². The van der Waals surface area contributed by atoms with Crippen molar-refractivity contribution >= 4 is 11.8 Å². The molecule has 178 valence electrons. The second kappa shape index (κ2) is 11.4. The van der Waals surface area contributed by atoms with E-state index in [1.807, 2.05) is 30.3 Å². The molecule has 0 bridgehead atoms. The third-order valence-corrected chi connectivity index (χ3v) is 5.76. The van der Waals surface area contributed by atoms with Crippen LogP contribution in [0.2, 0.25) is 0 Å². The van der Waals surface area contributed by atoms with E-state index in [4.69, 9.17) is 9.26 Å². The van der Waals surface area contributed by atoms with E-state index in [0.717, 1.165) is 12.0 Å². The average molecular weight is 467 g/mol. The van der Waals surface area contributed by atoms with Crippen molar-refractivity contribution in [3.63, 3.8) is 0 Å². The molecule has 1 saturated heterocycles. The lowest BCUT2D eigenvalue weighted by atomic mass is 9.99. The molecule has 2 aromatic carbocycles. The molecule has 0 radical (unpaired) electrons. The van der Waals surface area contributed by atoms with Gasteiger partial charge in [-0.2, -0.15) is 4.98 Å². The number of halogens is 1.